The summed E-state index contributed by atoms with van der Waals surface area (Å²) in [6.07, 6.45) is 0.348. The van der Waals surface area contributed by atoms with Crippen molar-refractivity contribution >= 4 is 23.2 Å². The van der Waals surface area contributed by atoms with E-state index in [1.807, 2.05) is 23.6 Å². The molecule has 1 aliphatic heterocycles. The molecule has 0 bridgehead atoms. The third-order valence-electron chi connectivity index (χ3n) is 3.91. The van der Waals surface area contributed by atoms with Crippen LogP contribution in [0.25, 0.3) is 0 Å². The highest BCUT2D eigenvalue weighted by Gasteiger charge is 2.36. The van der Waals surface area contributed by atoms with Crippen molar-refractivity contribution < 1.29 is 19.4 Å². The van der Waals surface area contributed by atoms with Crippen LogP contribution in [-0.4, -0.2) is 30.1 Å². The molecule has 7 heteroatoms. The van der Waals surface area contributed by atoms with Gasteiger partial charge in [0, 0.05) is 16.9 Å². The number of aliphatic hydroxyl groups is 1. The van der Waals surface area contributed by atoms with Crippen LogP contribution in [-0.2, 0) is 21.7 Å². The van der Waals surface area contributed by atoms with Crippen LogP contribution in [0, 0.1) is 0 Å². The molecule has 2 amide bonds. The maximum absolute atomic E-state index is 11.9. The van der Waals surface area contributed by atoms with Crippen molar-refractivity contribution in [3.8, 4) is 5.75 Å². The van der Waals surface area contributed by atoms with Crippen LogP contribution < -0.4 is 15.4 Å². The standard InChI is InChI=1S/C17H18N2O4S/c20-15(18-10-12-4-3-9-24-12)16(21)19-11-17(22)7-8-23-14-6-2-1-5-13(14)17/h1-6,9,22H,7-8,10-11H2,(H,18,20)(H,19,21). The Morgan fingerprint density at radius 1 is 1.17 bits per heavy atom. The molecule has 1 aromatic heterocycles. The first-order valence-electron chi connectivity index (χ1n) is 7.61. The Labute approximate surface area is 143 Å². The van der Waals surface area contributed by atoms with Gasteiger partial charge in [-0.2, -0.15) is 0 Å². The molecule has 0 radical (unpaired) electrons. The largest absolute Gasteiger partial charge is 0.493 e. The first kappa shape index (κ1) is 16.5. The number of hydrogen-bond acceptors (Lipinski definition) is 5. The Morgan fingerprint density at radius 2 is 1.96 bits per heavy atom. The molecule has 24 heavy (non-hydrogen) atoms. The molecule has 0 fully saturated rings. The number of benzene rings is 1. The number of hydrogen-bond donors (Lipinski definition) is 3. The van der Waals surface area contributed by atoms with Gasteiger partial charge in [0.2, 0.25) is 0 Å². The number of carbonyl (C=O) groups is 2. The summed E-state index contributed by atoms with van der Waals surface area (Å²) in [6, 6.07) is 10.9. The summed E-state index contributed by atoms with van der Waals surface area (Å²) in [5, 5.41) is 17.8. The summed E-state index contributed by atoms with van der Waals surface area (Å²) in [4.78, 5) is 24.7. The van der Waals surface area contributed by atoms with Gasteiger partial charge in [0.15, 0.2) is 0 Å². The SMILES string of the molecule is O=C(NCc1cccs1)C(=O)NCC1(O)CCOc2ccccc21. The zero-order valence-electron chi connectivity index (χ0n) is 13.0. The zero-order valence-corrected chi connectivity index (χ0v) is 13.8. The van der Waals surface area contributed by atoms with Crippen molar-refractivity contribution in [3.05, 3.63) is 52.2 Å². The molecule has 6 nitrogen and oxygen atoms in total. The van der Waals surface area contributed by atoms with Gasteiger partial charge in [-0.15, -0.1) is 11.3 Å². The molecule has 0 saturated carbocycles. The van der Waals surface area contributed by atoms with Crippen molar-refractivity contribution in [1.29, 1.82) is 0 Å². The predicted octanol–water partition coefficient (Wildman–Crippen LogP) is 1.15. The lowest BCUT2D eigenvalue weighted by Gasteiger charge is -2.34. The van der Waals surface area contributed by atoms with E-state index in [9.17, 15) is 14.7 Å². The zero-order chi connectivity index (χ0) is 17.0. The Bertz CT molecular complexity index is 732. The molecule has 1 atom stereocenters. The summed E-state index contributed by atoms with van der Waals surface area (Å²) in [6.45, 7) is 0.622. The van der Waals surface area contributed by atoms with Crippen LogP contribution in [0.3, 0.4) is 0 Å². The second-order valence-corrected chi connectivity index (χ2v) is 6.60. The minimum atomic E-state index is -1.24. The van der Waals surface area contributed by atoms with E-state index in [0.29, 0.717) is 30.9 Å². The average Bonchev–Trinajstić information content (AvgIpc) is 3.11. The number of fused-ring (bicyclic) bond motifs is 1. The lowest BCUT2D eigenvalue weighted by Crippen LogP contribution is -2.47. The van der Waals surface area contributed by atoms with Crippen LogP contribution in [0.5, 0.6) is 5.75 Å². The molecule has 2 aromatic rings. The van der Waals surface area contributed by atoms with Crippen LogP contribution in [0.4, 0.5) is 0 Å². The van der Waals surface area contributed by atoms with Crippen molar-refractivity contribution in [2.45, 2.75) is 18.6 Å². The molecule has 1 aliphatic rings. The number of nitrogens with one attached hydrogen (secondary N) is 2. The summed E-state index contributed by atoms with van der Waals surface area (Å²) in [7, 11) is 0. The Hall–Kier alpha value is -2.38. The molecular weight excluding hydrogens is 328 g/mol. The molecule has 0 spiro atoms. The molecule has 0 saturated heterocycles. The van der Waals surface area contributed by atoms with Gasteiger partial charge in [-0.1, -0.05) is 24.3 Å². The van der Waals surface area contributed by atoms with Crippen LogP contribution in [0.15, 0.2) is 41.8 Å². The second-order valence-electron chi connectivity index (χ2n) is 5.57. The minimum Gasteiger partial charge on any atom is -0.493 e. The first-order valence-corrected chi connectivity index (χ1v) is 8.49. The average molecular weight is 346 g/mol. The number of ether oxygens (including phenoxy) is 1. The molecule has 1 unspecified atom stereocenters. The van der Waals surface area contributed by atoms with E-state index in [4.69, 9.17) is 4.74 Å². The van der Waals surface area contributed by atoms with Gasteiger partial charge in [-0.05, 0) is 17.5 Å². The summed E-state index contributed by atoms with van der Waals surface area (Å²) in [5.74, 6) is -0.876. The van der Waals surface area contributed by atoms with Gasteiger partial charge in [-0.25, -0.2) is 0 Å². The molecule has 3 rings (SSSR count). The van der Waals surface area contributed by atoms with Gasteiger partial charge >= 0.3 is 11.8 Å². The Kier molecular flexibility index (Phi) is 4.82. The highest BCUT2D eigenvalue weighted by Crippen LogP contribution is 2.36. The number of para-hydroxylation sites is 1. The first-order chi connectivity index (χ1) is 11.6. The molecule has 0 aliphatic carbocycles. The molecule has 126 valence electrons. The maximum atomic E-state index is 11.9. The Balaban J connectivity index is 1.57. The Morgan fingerprint density at radius 3 is 2.75 bits per heavy atom. The van der Waals surface area contributed by atoms with Crippen LogP contribution in [0.2, 0.25) is 0 Å². The van der Waals surface area contributed by atoms with E-state index < -0.39 is 17.4 Å². The highest BCUT2D eigenvalue weighted by molar-refractivity contribution is 7.09. The number of amides is 2. The maximum Gasteiger partial charge on any atom is 0.309 e. The van der Waals surface area contributed by atoms with Gasteiger partial charge < -0.3 is 20.5 Å². The van der Waals surface area contributed by atoms with Crippen LogP contribution >= 0.6 is 11.3 Å². The quantitative estimate of drug-likeness (QED) is 0.725. The molecule has 2 heterocycles. The number of rotatable bonds is 4. The summed E-state index contributed by atoms with van der Waals surface area (Å²) >= 11 is 1.50. The van der Waals surface area contributed by atoms with Crippen molar-refractivity contribution in [2.24, 2.45) is 0 Å². The second kappa shape index (κ2) is 7.02. The normalized spacial score (nSPS) is 19.0. The fourth-order valence-corrected chi connectivity index (χ4v) is 3.24. The monoisotopic (exact) mass is 346 g/mol. The van der Waals surface area contributed by atoms with Gasteiger partial charge in [0.25, 0.3) is 0 Å². The third kappa shape index (κ3) is 3.58. The lowest BCUT2D eigenvalue weighted by atomic mass is 9.88. The fourth-order valence-electron chi connectivity index (χ4n) is 2.59. The minimum absolute atomic E-state index is 0.0430. The van der Waals surface area contributed by atoms with E-state index in [1.54, 1.807) is 18.2 Å². The topological polar surface area (TPSA) is 87.7 Å². The van der Waals surface area contributed by atoms with Crippen molar-refractivity contribution in [1.82, 2.24) is 10.6 Å². The van der Waals surface area contributed by atoms with E-state index in [1.165, 1.54) is 11.3 Å². The number of thiophene rings is 1. The van der Waals surface area contributed by atoms with E-state index in [-0.39, 0.29) is 6.54 Å². The van der Waals surface area contributed by atoms with Crippen molar-refractivity contribution in [3.63, 3.8) is 0 Å². The fraction of sp³-hybridized carbons (Fsp3) is 0.294. The predicted molar refractivity (Wildman–Crippen MR) is 89.6 cm³/mol. The smallest absolute Gasteiger partial charge is 0.309 e. The van der Waals surface area contributed by atoms with E-state index >= 15 is 0 Å². The van der Waals surface area contributed by atoms with Crippen LogP contribution in [0.1, 0.15) is 16.9 Å². The molecule has 3 N–H and O–H groups in total. The molecule has 1 aromatic carbocycles. The summed E-state index contributed by atoms with van der Waals surface area (Å²) in [5.41, 5.74) is -0.617. The van der Waals surface area contributed by atoms with E-state index in [0.717, 1.165) is 4.88 Å². The summed E-state index contributed by atoms with van der Waals surface area (Å²) < 4.78 is 5.50. The molecular formula is C17H18N2O4S. The number of carbonyl (C=O) groups excluding carboxylic acids is 2. The third-order valence-corrected chi connectivity index (χ3v) is 4.79. The van der Waals surface area contributed by atoms with Crippen molar-refractivity contribution in [2.75, 3.05) is 13.2 Å². The highest BCUT2D eigenvalue weighted by atomic mass is 32.1. The lowest BCUT2D eigenvalue weighted by molar-refractivity contribution is -0.140. The van der Waals surface area contributed by atoms with E-state index in [2.05, 4.69) is 10.6 Å². The van der Waals surface area contributed by atoms with Gasteiger partial charge in [-0.3, -0.25) is 9.59 Å². The van der Waals surface area contributed by atoms with Gasteiger partial charge in [0.05, 0.1) is 19.7 Å². The van der Waals surface area contributed by atoms with Gasteiger partial charge in [0.1, 0.15) is 11.4 Å².